The van der Waals surface area contributed by atoms with Gasteiger partial charge in [0.05, 0.1) is 17.9 Å². The van der Waals surface area contributed by atoms with Crippen molar-refractivity contribution in [3.8, 4) is 12.3 Å². The molecular weight excluding hydrogens is 358 g/mol. The molecule has 1 aliphatic heterocycles. The number of anilines is 1. The van der Waals surface area contributed by atoms with E-state index in [1.165, 1.54) is 0 Å². The third-order valence-electron chi connectivity index (χ3n) is 4.98. The minimum atomic E-state index is -0.291. The first-order valence-electron chi connectivity index (χ1n) is 9.25. The standard InChI is InChI=1S/C20H25N5O3/c1-4-14-5-6-16-17(11-14)20(27)23-22-19(16)24(2)13-15(28-3)12-18(26)25-9-7-21-8-10-25/h1,5-6,11,15,21H,7-10,12-13H2,2-3H3,(H,23,27)/t15-/m0/s1. The third kappa shape index (κ3) is 4.32. The number of hydrogen-bond acceptors (Lipinski definition) is 6. The fraction of sp³-hybridized carbons (Fsp3) is 0.450. The van der Waals surface area contributed by atoms with Crippen molar-refractivity contribution in [3.05, 3.63) is 34.1 Å². The van der Waals surface area contributed by atoms with E-state index < -0.39 is 0 Å². The fourth-order valence-electron chi connectivity index (χ4n) is 3.38. The summed E-state index contributed by atoms with van der Waals surface area (Å²) < 4.78 is 5.55. The fourth-order valence-corrected chi connectivity index (χ4v) is 3.38. The predicted molar refractivity (Wildman–Crippen MR) is 108 cm³/mol. The summed E-state index contributed by atoms with van der Waals surface area (Å²) in [6.45, 7) is 3.52. The molecule has 0 bridgehead atoms. The smallest absolute Gasteiger partial charge is 0.272 e. The van der Waals surface area contributed by atoms with Gasteiger partial charge in [0.15, 0.2) is 5.82 Å². The summed E-state index contributed by atoms with van der Waals surface area (Å²) in [4.78, 5) is 28.4. The lowest BCUT2D eigenvalue weighted by Crippen LogP contribution is -2.47. The number of aromatic amines is 1. The summed E-state index contributed by atoms with van der Waals surface area (Å²) in [6.07, 6.45) is 5.44. The lowest BCUT2D eigenvalue weighted by molar-refractivity contribution is -0.134. The number of piperazine rings is 1. The van der Waals surface area contributed by atoms with E-state index in [2.05, 4.69) is 21.4 Å². The number of nitrogens with one attached hydrogen (secondary N) is 2. The molecule has 0 aliphatic carbocycles. The van der Waals surface area contributed by atoms with Crippen molar-refractivity contribution < 1.29 is 9.53 Å². The van der Waals surface area contributed by atoms with E-state index in [1.54, 1.807) is 25.3 Å². The molecule has 8 heteroatoms. The number of carbonyl (C=O) groups excluding carboxylic acids is 1. The summed E-state index contributed by atoms with van der Waals surface area (Å²) in [6, 6.07) is 5.25. The van der Waals surface area contributed by atoms with Gasteiger partial charge in [-0.05, 0) is 18.2 Å². The Bertz CT molecular complexity index is 943. The second-order valence-corrected chi connectivity index (χ2v) is 6.85. The first-order chi connectivity index (χ1) is 13.5. The number of fused-ring (bicyclic) bond motifs is 1. The number of rotatable bonds is 6. The van der Waals surface area contributed by atoms with Gasteiger partial charge in [-0.3, -0.25) is 9.59 Å². The van der Waals surface area contributed by atoms with Crippen LogP contribution in [0.2, 0.25) is 0 Å². The number of H-pyrrole nitrogens is 1. The minimum Gasteiger partial charge on any atom is -0.379 e. The highest BCUT2D eigenvalue weighted by Crippen LogP contribution is 2.22. The Morgan fingerprint density at radius 3 is 2.82 bits per heavy atom. The van der Waals surface area contributed by atoms with Crippen LogP contribution in [0, 0.1) is 12.3 Å². The maximum Gasteiger partial charge on any atom is 0.272 e. The Morgan fingerprint density at radius 1 is 1.39 bits per heavy atom. The number of benzene rings is 1. The number of terminal acetylenes is 1. The highest BCUT2D eigenvalue weighted by molar-refractivity contribution is 5.92. The quantitative estimate of drug-likeness (QED) is 0.692. The van der Waals surface area contributed by atoms with E-state index in [9.17, 15) is 9.59 Å². The molecule has 0 saturated carbocycles. The lowest BCUT2D eigenvalue weighted by Gasteiger charge is -2.30. The van der Waals surface area contributed by atoms with E-state index in [-0.39, 0.29) is 17.6 Å². The Labute approximate surface area is 163 Å². The topological polar surface area (TPSA) is 90.6 Å². The zero-order valence-corrected chi connectivity index (χ0v) is 16.2. The highest BCUT2D eigenvalue weighted by Gasteiger charge is 2.22. The second-order valence-electron chi connectivity index (χ2n) is 6.85. The van der Waals surface area contributed by atoms with Crippen molar-refractivity contribution in [2.75, 3.05) is 51.8 Å². The number of likely N-dealkylation sites (N-methyl/N-ethyl adjacent to an activating group) is 1. The lowest BCUT2D eigenvalue weighted by atomic mass is 10.1. The van der Waals surface area contributed by atoms with Crippen LogP contribution in [0.1, 0.15) is 12.0 Å². The SMILES string of the molecule is C#Cc1ccc2c(N(C)C[C@H](CC(=O)N3CCNCC3)OC)n[nH]c(=O)c2c1. The first kappa shape index (κ1) is 19.9. The minimum absolute atomic E-state index is 0.0831. The van der Waals surface area contributed by atoms with Crippen LogP contribution >= 0.6 is 0 Å². The van der Waals surface area contributed by atoms with Gasteiger partial charge in [0.25, 0.3) is 5.56 Å². The van der Waals surface area contributed by atoms with Crippen LogP contribution in [0.4, 0.5) is 5.82 Å². The average molecular weight is 383 g/mol. The van der Waals surface area contributed by atoms with Gasteiger partial charge in [-0.2, -0.15) is 5.10 Å². The summed E-state index contributed by atoms with van der Waals surface area (Å²) in [5, 5.41) is 11.1. The molecule has 8 nitrogen and oxygen atoms in total. The summed E-state index contributed by atoms with van der Waals surface area (Å²) in [7, 11) is 3.46. The van der Waals surface area contributed by atoms with Gasteiger partial charge >= 0.3 is 0 Å². The van der Waals surface area contributed by atoms with Crippen molar-refractivity contribution in [1.29, 1.82) is 0 Å². The molecule has 1 aromatic carbocycles. The van der Waals surface area contributed by atoms with Crippen LogP contribution in [0.3, 0.4) is 0 Å². The molecule has 0 unspecified atom stereocenters. The molecule has 0 radical (unpaired) electrons. The van der Waals surface area contributed by atoms with Crippen molar-refractivity contribution >= 4 is 22.5 Å². The third-order valence-corrected chi connectivity index (χ3v) is 4.98. The van der Waals surface area contributed by atoms with Crippen molar-refractivity contribution in [3.63, 3.8) is 0 Å². The Morgan fingerprint density at radius 2 is 2.14 bits per heavy atom. The van der Waals surface area contributed by atoms with Gasteiger partial charge in [0.2, 0.25) is 5.91 Å². The molecule has 1 atom stereocenters. The van der Waals surface area contributed by atoms with E-state index >= 15 is 0 Å². The molecule has 148 valence electrons. The predicted octanol–water partition coefficient (Wildman–Crippen LogP) is 0.178. The number of hydrogen-bond donors (Lipinski definition) is 2. The van der Waals surface area contributed by atoms with Crippen LogP contribution in [0.25, 0.3) is 10.8 Å². The van der Waals surface area contributed by atoms with Gasteiger partial charge in [-0.25, -0.2) is 5.10 Å². The maximum atomic E-state index is 12.5. The largest absolute Gasteiger partial charge is 0.379 e. The average Bonchev–Trinajstić information content (AvgIpc) is 2.73. The molecule has 2 heterocycles. The van der Waals surface area contributed by atoms with Gasteiger partial charge in [-0.1, -0.05) is 5.92 Å². The van der Waals surface area contributed by atoms with Gasteiger partial charge < -0.3 is 19.9 Å². The van der Waals surface area contributed by atoms with Crippen LogP contribution < -0.4 is 15.8 Å². The molecular formula is C20H25N5O3. The number of aromatic nitrogens is 2. The molecule has 28 heavy (non-hydrogen) atoms. The number of amides is 1. The molecule has 1 saturated heterocycles. The number of ether oxygens (including phenoxy) is 1. The Balaban J connectivity index is 1.76. The molecule has 1 aromatic heterocycles. The zero-order valence-electron chi connectivity index (χ0n) is 16.2. The van der Waals surface area contributed by atoms with Crippen LogP contribution in [0.15, 0.2) is 23.0 Å². The number of carbonyl (C=O) groups is 1. The second kappa shape index (κ2) is 8.87. The summed E-state index contributed by atoms with van der Waals surface area (Å²) >= 11 is 0. The van der Waals surface area contributed by atoms with Crippen molar-refractivity contribution in [1.82, 2.24) is 20.4 Å². The van der Waals surface area contributed by atoms with E-state index in [4.69, 9.17) is 11.2 Å². The van der Waals surface area contributed by atoms with E-state index in [0.717, 1.165) is 13.1 Å². The van der Waals surface area contributed by atoms with Crippen LogP contribution in [-0.4, -0.2) is 74.0 Å². The number of methoxy groups -OCH3 is 1. The van der Waals surface area contributed by atoms with Crippen LogP contribution in [0.5, 0.6) is 0 Å². The van der Waals surface area contributed by atoms with E-state index in [1.807, 2.05) is 16.8 Å². The molecule has 0 spiro atoms. The van der Waals surface area contributed by atoms with Gasteiger partial charge in [0.1, 0.15) is 0 Å². The Kier molecular flexibility index (Phi) is 6.29. The monoisotopic (exact) mass is 383 g/mol. The zero-order chi connectivity index (χ0) is 20.1. The summed E-state index contributed by atoms with van der Waals surface area (Å²) in [5.41, 5.74) is 0.343. The van der Waals surface area contributed by atoms with Crippen molar-refractivity contribution in [2.45, 2.75) is 12.5 Å². The Hall–Kier alpha value is -2.89. The normalized spacial score (nSPS) is 15.2. The molecule has 2 N–H and O–H groups in total. The molecule has 1 amide bonds. The van der Waals surface area contributed by atoms with E-state index in [0.29, 0.717) is 48.2 Å². The maximum absolute atomic E-state index is 12.5. The molecule has 1 aliphatic rings. The molecule has 1 fully saturated rings. The first-order valence-corrected chi connectivity index (χ1v) is 9.25. The van der Waals surface area contributed by atoms with Gasteiger partial charge in [0, 0.05) is 57.8 Å². The van der Waals surface area contributed by atoms with Crippen LogP contribution in [-0.2, 0) is 9.53 Å². The highest BCUT2D eigenvalue weighted by atomic mass is 16.5. The van der Waals surface area contributed by atoms with Crippen molar-refractivity contribution in [2.24, 2.45) is 0 Å². The summed E-state index contributed by atoms with van der Waals surface area (Å²) in [5.74, 6) is 3.23. The number of nitrogens with zero attached hydrogens (tertiary/aromatic N) is 3. The van der Waals surface area contributed by atoms with Gasteiger partial charge in [-0.15, -0.1) is 6.42 Å². The molecule has 3 rings (SSSR count). The molecule has 2 aromatic rings.